The van der Waals surface area contributed by atoms with Gasteiger partial charge in [0.2, 0.25) is 5.90 Å². The number of hydrogen-bond donors (Lipinski definition) is 0. The van der Waals surface area contributed by atoms with Crippen LogP contribution in [0.2, 0.25) is 0 Å². The Bertz CT molecular complexity index is 806. The molecule has 1 aliphatic rings. The Labute approximate surface area is 189 Å². The minimum Gasteiger partial charge on any atom is -0.493 e. The molecule has 0 aliphatic carbocycles. The third-order valence-corrected chi connectivity index (χ3v) is 5.73. The van der Waals surface area contributed by atoms with Gasteiger partial charge in [-0.25, -0.2) is 4.99 Å². The smallest absolute Gasteiger partial charge is 0.419 e. The van der Waals surface area contributed by atoms with E-state index in [9.17, 15) is 13.2 Å². The topological polar surface area (TPSA) is 43.3 Å². The van der Waals surface area contributed by atoms with Crippen LogP contribution in [0.4, 0.5) is 13.2 Å². The van der Waals surface area contributed by atoms with Crippen molar-refractivity contribution in [3.63, 3.8) is 0 Å². The number of benzene rings is 1. The summed E-state index contributed by atoms with van der Waals surface area (Å²) in [6.45, 7) is 5.53. The number of likely N-dealkylation sites (N-methyl/N-ethyl adjacent to an activating group) is 1. The summed E-state index contributed by atoms with van der Waals surface area (Å²) in [5.41, 5.74) is 1.01. The maximum absolute atomic E-state index is 13.8. The predicted molar refractivity (Wildman–Crippen MR) is 121 cm³/mol. The summed E-state index contributed by atoms with van der Waals surface area (Å²) >= 11 is 0. The lowest BCUT2D eigenvalue weighted by atomic mass is 10.0. The van der Waals surface area contributed by atoms with Crippen molar-refractivity contribution < 1.29 is 27.4 Å². The molecule has 1 aliphatic heterocycles. The van der Waals surface area contributed by atoms with Gasteiger partial charge in [-0.15, -0.1) is 0 Å². The van der Waals surface area contributed by atoms with Crippen LogP contribution >= 0.6 is 0 Å². The van der Waals surface area contributed by atoms with Crippen molar-refractivity contribution in [2.75, 3.05) is 41.0 Å². The fourth-order valence-electron chi connectivity index (χ4n) is 3.72. The Balaban J connectivity index is 2.41. The number of allylic oxidation sites excluding steroid dienone is 1. The first-order valence-electron chi connectivity index (χ1n) is 11.1. The summed E-state index contributed by atoms with van der Waals surface area (Å²) in [5.74, 6) is 0.360. The van der Waals surface area contributed by atoms with Crippen LogP contribution in [0.25, 0.3) is 5.70 Å². The quantitative estimate of drug-likeness (QED) is 0.254. The summed E-state index contributed by atoms with van der Waals surface area (Å²) in [4.78, 5) is 6.88. The van der Waals surface area contributed by atoms with E-state index in [-0.39, 0.29) is 18.4 Å². The highest BCUT2D eigenvalue weighted by atomic mass is 19.4. The van der Waals surface area contributed by atoms with Crippen LogP contribution in [0.1, 0.15) is 57.1 Å². The second kappa shape index (κ2) is 12.3. The maximum Gasteiger partial charge on any atom is 0.419 e. The molecule has 1 aromatic carbocycles. The number of aliphatic imine (C=N–C) groups is 1. The molecule has 1 heterocycles. The van der Waals surface area contributed by atoms with E-state index in [0.29, 0.717) is 36.6 Å². The van der Waals surface area contributed by atoms with Crippen LogP contribution in [-0.2, 0) is 15.7 Å². The van der Waals surface area contributed by atoms with Crippen molar-refractivity contribution >= 4 is 11.6 Å². The van der Waals surface area contributed by atoms with E-state index >= 15 is 0 Å². The monoisotopic (exact) mass is 456 g/mol. The third kappa shape index (κ3) is 6.97. The minimum absolute atomic E-state index is 0.0245. The van der Waals surface area contributed by atoms with Crippen molar-refractivity contribution in [3.8, 4) is 5.75 Å². The predicted octanol–water partition coefficient (Wildman–Crippen LogP) is 5.79. The van der Waals surface area contributed by atoms with Gasteiger partial charge in [-0.05, 0) is 76.4 Å². The summed E-state index contributed by atoms with van der Waals surface area (Å²) in [5, 5.41) is 0. The molecule has 0 radical (unpaired) electrons. The van der Waals surface area contributed by atoms with Crippen molar-refractivity contribution in [2.24, 2.45) is 4.99 Å². The van der Waals surface area contributed by atoms with E-state index in [2.05, 4.69) is 4.90 Å². The molecule has 8 heteroatoms. The zero-order chi connectivity index (χ0) is 23.7. The van der Waals surface area contributed by atoms with Gasteiger partial charge in [0.15, 0.2) is 0 Å². The normalized spacial score (nSPS) is 18.6. The van der Waals surface area contributed by atoms with Gasteiger partial charge in [-0.1, -0.05) is 6.92 Å². The fraction of sp³-hybridized carbons (Fsp3) is 0.625. The molecule has 1 aromatic rings. The van der Waals surface area contributed by atoms with Crippen LogP contribution in [-0.4, -0.2) is 57.9 Å². The molecule has 32 heavy (non-hydrogen) atoms. The Morgan fingerprint density at radius 1 is 1.19 bits per heavy atom. The number of alkyl halides is 3. The van der Waals surface area contributed by atoms with Crippen molar-refractivity contribution in [2.45, 2.75) is 58.2 Å². The lowest BCUT2D eigenvalue weighted by Gasteiger charge is -2.21. The van der Waals surface area contributed by atoms with Crippen LogP contribution in [0.3, 0.4) is 0 Å². The Hall–Kier alpha value is -2.06. The SMILES string of the molecule is CC/C(C)=C(/N=C(OC)C1CCCN1C)c1ccc(OCCCCOC)c(C(F)(F)F)c1. The number of likely N-dealkylation sites (tertiary alicyclic amines) is 1. The Morgan fingerprint density at radius 3 is 2.47 bits per heavy atom. The Kier molecular flexibility index (Phi) is 10.0. The summed E-state index contributed by atoms with van der Waals surface area (Å²) in [6.07, 6.45) is -0.598. The fourth-order valence-corrected chi connectivity index (χ4v) is 3.72. The molecular weight excluding hydrogens is 421 g/mol. The number of ether oxygens (including phenoxy) is 3. The number of hydrogen-bond acceptors (Lipinski definition) is 5. The van der Waals surface area contributed by atoms with E-state index in [1.54, 1.807) is 20.3 Å². The van der Waals surface area contributed by atoms with E-state index in [4.69, 9.17) is 19.2 Å². The minimum atomic E-state index is -4.54. The van der Waals surface area contributed by atoms with Gasteiger partial charge in [-0.3, -0.25) is 4.90 Å². The van der Waals surface area contributed by atoms with E-state index in [1.807, 2.05) is 20.9 Å². The number of rotatable bonds is 10. The van der Waals surface area contributed by atoms with Crippen LogP contribution in [0.5, 0.6) is 5.75 Å². The lowest BCUT2D eigenvalue weighted by molar-refractivity contribution is -0.139. The number of unbranched alkanes of at least 4 members (excludes halogenated alkanes) is 1. The highest BCUT2D eigenvalue weighted by Crippen LogP contribution is 2.39. The first-order valence-corrected chi connectivity index (χ1v) is 11.1. The van der Waals surface area contributed by atoms with Gasteiger partial charge < -0.3 is 14.2 Å². The van der Waals surface area contributed by atoms with E-state index < -0.39 is 11.7 Å². The number of nitrogens with zero attached hydrogens (tertiary/aromatic N) is 2. The van der Waals surface area contributed by atoms with Gasteiger partial charge in [0.1, 0.15) is 5.75 Å². The molecule has 0 amide bonds. The molecular formula is C24H35F3N2O3. The molecule has 5 nitrogen and oxygen atoms in total. The largest absolute Gasteiger partial charge is 0.493 e. The van der Waals surface area contributed by atoms with Gasteiger partial charge in [0, 0.05) is 19.3 Å². The van der Waals surface area contributed by atoms with E-state index in [1.165, 1.54) is 6.07 Å². The highest BCUT2D eigenvalue weighted by Gasteiger charge is 2.35. The number of halogens is 3. The molecule has 0 aromatic heterocycles. The molecule has 1 saturated heterocycles. The summed E-state index contributed by atoms with van der Waals surface area (Å²) in [7, 11) is 5.15. The second-order valence-electron chi connectivity index (χ2n) is 8.03. The summed E-state index contributed by atoms with van der Waals surface area (Å²) in [6, 6.07) is 4.19. The molecule has 2 rings (SSSR count). The second-order valence-corrected chi connectivity index (χ2v) is 8.03. The molecule has 1 fully saturated rings. The molecule has 0 saturated carbocycles. The average molecular weight is 457 g/mol. The first-order chi connectivity index (χ1) is 15.2. The highest BCUT2D eigenvalue weighted by molar-refractivity contribution is 5.88. The molecule has 1 atom stereocenters. The summed E-state index contributed by atoms with van der Waals surface area (Å²) < 4.78 is 57.6. The zero-order valence-electron chi connectivity index (χ0n) is 19.7. The Morgan fingerprint density at radius 2 is 1.91 bits per heavy atom. The first kappa shape index (κ1) is 26.2. The van der Waals surface area contributed by atoms with E-state index in [0.717, 1.165) is 37.4 Å². The van der Waals surface area contributed by atoms with Gasteiger partial charge >= 0.3 is 6.18 Å². The van der Waals surface area contributed by atoms with Gasteiger partial charge in [-0.2, -0.15) is 13.2 Å². The average Bonchev–Trinajstić information content (AvgIpc) is 3.19. The maximum atomic E-state index is 13.8. The number of methoxy groups -OCH3 is 2. The van der Waals surface area contributed by atoms with Crippen LogP contribution < -0.4 is 4.74 Å². The molecule has 180 valence electrons. The van der Waals surface area contributed by atoms with Gasteiger partial charge in [0.25, 0.3) is 0 Å². The van der Waals surface area contributed by atoms with Crippen molar-refractivity contribution in [1.82, 2.24) is 4.90 Å². The molecule has 0 bridgehead atoms. The van der Waals surface area contributed by atoms with Crippen molar-refractivity contribution in [3.05, 3.63) is 34.9 Å². The zero-order valence-corrected chi connectivity index (χ0v) is 19.7. The van der Waals surface area contributed by atoms with Crippen LogP contribution in [0, 0.1) is 0 Å². The standard InChI is InChI=1S/C24H35F3N2O3/c1-6-17(2)22(28-23(31-5)20-10-9-13-29(20)3)18-11-12-21(19(16-18)24(25,26)27)32-15-8-7-14-30-4/h11-12,16,20H,6-10,13-15H2,1-5H3/b22-17+,28-23?. The van der Waals surface area contributed by atoms with Gasteiger partial charge in [0.05, 0.1) is 31.0 Å². The third-order valence-electron chi connectivity index (χ3n) is 5.73. The molecule has 1 unspecified atom stereocenters. The molecule has 0 N–H and O–H groups in total. The van der Waals surface area contributed by atoms with Crippen molar-refractivity contribution in [1.29, 1.82) is 0 Å². The van der Waals surface area contributed by atoms with Crippen LogP contribution in [0.15, 0.2) is 28.8 Å². The molecule has 0 spiro atoms. The lowest BCUT2D eigenvalue weighted by Crippen LogP contribution is -2.34.